The first-order valence-electron chi connectivity index (χ1n) is 10.8. The van der Waals surface area contributed by atoms with Crippen LogP contribution in [0.25, 0.3) is 0 Å². The summed E-state index contributed by atoms with van der Waals surface area (Å²) in [6.45, 7) is 3.30. The van der Waals surface area contributed by atoms with Crippen molar-refractivity contribution in [3.63, 3.8) is 0 Å². The molecule has 3 nitrogen and oxygen atoms in total. The summed E-state index contributed by atoms with van der Waals surface area (Å²) < 4.78 is 12.8. The van der Waals surface area contributed by atoms with E-state index in [1.54, 1.807) is 0 Å². The largest absolute Gasteiger partial charge is 0.396 e. The molecule has 0 radical (unpaired) electrons. The molecule has 30 heavy (non-hydrogen) atoms. The molecular weight excluding hydrogens is 372 g/mol. The van der Waals surface area contributed by atoms with E-state index in [9.17, 15) is 5.11 Å². The lowest BCUT2D eigenvalue weighted by Crippen LogP contribution is -2.36. The number of hydrogen-bond acceptors (Lipinski definition) is 3. The van der Waals surface area contributed by atoms with E-state index in [0.717, 1.165) is 29.5 Å². The normalized spacial score (nSPS) is 12.6. The van der Waals surface area contributed by atoms with E-state index >= 15 is 0 Å². The Morgan fingerprint density at radius 2 is 1.23 bits per heavy atom. The van der Waals surface area contributed by atoms with Gasteiger partial charge in [-0.1, -0.05) is 104 Å². The average molecular weight is 405 g/mol. The van der Waals surface area contributed by atoms with Crippen LogP contribution in [0.15, 0.2) is 91.0 Å². The van der Waals surface area contributed by atoms with Crippen molar-refractivity contribution in [2.24, 2.45) is 0 Å². The first-order chi connectivity index (χ1) is 14.8. The summed E-state index contributed by atoms with van der Waals surface area (Å²) in [4.78, 5) is 0. The van der Waals surface area contributed by atoms with Crippen molar-refractivity contribution in [1.82, 2.24) is 0 Å². The molecule has 0 unspecified atom stereocenters. The smallest absolute Gasteiger partial charge is 0.143 e. The first-order valence-corrected chi connectivity index (χ1v) is 10.8. The highest BCUT2D eigenvalue weighted by Gasteiger charge is 2.38. The third kappa shape index (κ3) is 5.37. The second kappa shape index (κ2) is 11.7. The van der Waals surface area contributed by atoms with E-state index in [-0.39, 0.29) is 12.7 Å². The first kappa shape index (κ1) is 22.2. The number of aliphatic hydroxyl groups is 1. The minimum Gasteiger partial charge on any atom is -0.396 e. The van der Waals surface area contributed by atoms with Gasteiger partial charge >= 0.3 is 0 Å². The van der Waals surface area contributed by atoms with Gasteiger partial charge in [0.1, 0.15) is 5.60 Å². The molecule has 0 aliphatic heterocycles. The van der Waals surface area contributed by atoms with Crippen molar-refractivity contribution < 1.29 is 14.6 Å². The van der Waals surface area contributed by atoms with Crippen LogP contribution in [0.5, 0.6) is 0 Å². The zero-order valence-electron chi connectivity index (χ0n) is 17.7. The average Bonchev–Trinajstić information content (AvgIpc) is 2.82. The molecular formula is C27H32O3. The molecule has 0 heterocycles. The Bertz CT molecular complexity index is 737. The molecule has 0 amide bonds. The highest BCUT2D eigenvalue weighted by atomic mass is 16.5. The fourth-order valence-corrected chi connectivity index (χ4v) is 3.74. The Labute approximate surface area is 180 Å². The van der Waals surface area contributed by atoms with E-state index in [0.29, 0.717) is 19.6 Å². The van der Waals surface area contributed by atoms with Gasteiger partial charge in [-0.3, -0.25) is 0 Å². The second-order valence-corrected chi connectivity index (χ2v) is 7.45. The maximum atomic E-state index is 9.54. The van der Waals surface area contributed by atoms with Crippen LogP contribution in [-0.2, 0) is 15.1 Å². The highest BCUT2D eigenvalue weighted by molar-refractivity contribution is 5.47. The molecule has 0 aliphatic carbocycles. The Balaban J connectivity index is 2.02. The summed E-state index contributed by atoms with van der Waals surface area (Å²) >= 11 is 0. The van der Waals surface area contributed by atoms with Gasteiger partial charge in [-0.2, -0.15) is 0 Å². The van der Waals surface area contributed by atoms with Crippen LogP contribution in [0.4, 0.5) is 0 Å². The van der Waals surface area contributed by atoms with Crippen molar-refractivity contribution >= 4 is 0 Å². The topological polar surface area (TPSA) is 38.7 Å². The van der Waals surface area contributed by atoms with Gasteiger partial charge in [0.25, 0.3) is 0 Å². The molecule has 0 spiro atoms. The molecule has 158 valence electrons. The molecule has 0 fully saturated rings. The van der Waals surface area contributed by atoms with Gasteiger partial charge < -0.3 is 14.6 Å². The number of rotatable bonds is 12. The predicted octanol–water partition coefficient (Wildman–Crippen LogP) is 5.56. The molecule has 0 aromatic heterocycles. The van der Waals surface area contributed by atoms with Crippen molar-refractivity contribution in [1.29, 1.82) is 0 Å². The second-order valence-electron chi connectivity index (χ2n) is 7.45. The summed E-state index contributed by atoms with van der Waals surface area (Å²) in [5.74, 6) is 0. The van der Waals surface area contributed by atoms with Gasteiger partial charge in [0.05, 0.1) is 12.7 Å². The summed E-state index contributed by atoms with van der Waals surface area (Å²) in [6, 6.07) is 31.0. The van der Waals surface area contributed by atoms with E-state index in [4.69, 9.17) is 9.47 Å². The third-order valence-corrected chi connectivity index (χ3v) is 5.33. The van der Waals surface area contributed by atoms with E-state index in [1.165, 1.54) is 0 Å². The maximum Gasteiger partial charge on any atom is 0.143 e. The Hall–Kier alpha value is -2.46. The predicted molar refractivity (Wildman–Crippen MR) is 122 cm³/mol. The molecule has 3 aromatic rings. The maximum absolute atomic E-state index is 9.54. The lowest BCUT2D eigenvalue weighted by molar-refractivity contribution is -0.0714. The Morgan fingerprint density at radius 1 is 0.767 bits per heavy atom. The van der Waals surface area contributed by atoms with Crippen LogP contribution in [-0.4, -0.2) is 31.0 Å². The van der Waals surface area contributed by atoms with Crippen LogP contribution in [0.1, 0.15) is 42.9 Å². The molecule has 1 N–H and O–H groups in total. The van der Waals surface area contributed by atoms with Gasteiger partial charge in [-0.05, 0) is 29.5 Å². The molecule has 0 aliphatic rings. The molecule has 0 saturated carbocycles. The lowest BCUT2D eigenvalue weighted by Gasteiger charge is -2.37. The van der Waals surface area contributed by atoms with Crippen LogP contribution >= 0.6 is 0 Å². The molecule has 1 atom stereocenters. The monoisotopic (exact) mass is 404 g/mol. The van der Waals surface area contributed by atoms with Gasteiger partial charge in [0.15, 0.2) is 0 Å². The van der Waals surface area contributed by atoms with Gasteiger partial charge in [-0.15, -0.1) is 0 Å². The van der Waals surface area contributed by atoms with Crippen LogP contribution in [0.3, 0.4) is 0 Å². The van der Waals surface area contributed by atoms with E-state index in [1.807, 2.05) is 54.6 Å². The summed E-state index contributed by atoms with van der Waals surface area (Å²) in [7, 11) is 0. The van der Waals surface area contributed by atoms with Gasteiger partial charge in [0, 0.05) is 13.2 Å². The molecule has 0 saturated heterocycles. The number of unbranched alkanes of at least 4 members (excludes halogenated alkanes) is 1. The summed E-state index contributed by atoms with van der Waals surface area (Å²) in [5, 5.41) is 9.54. The summed E-state index contributed by atoms with van der Waals surface area (Å²) in [6.07, 6.45) is 2.48. The van der Waals surface area contributed by atoms with Crippen LogP contribution < -0.4 is 0 Å². The van der Waals surface area contributed by atoms with Crippen molar-refractivity contribution in [3.05, 3.63) is 108 Å². The van der Waals surface area contributed by atoms with Crippen LogP contribution in [0, 0.1) is 0 Å². The van der Waals surface area contributed by atoms with Crippen molar-refractivity contribution in [2.75, 3.05) is 19.8 Å². The minimum atomic E-state index is -0.758. The molecule has 0 bridgehead atoms. The fraction of sp³-hybridized carbons (Fsp3) is 0.333. The van der Waals surface area contributed by atoms with Crippen LogP contribution in [0.2, 0.25) is 0 Å². The lowest BCUT2D eigenvalue weighted by atomic mass is 9.80. The third-order valence-electron chi connectivity index (χ3n) is 5.33. The zero-order valence-corrected chi connectivity index (χ0v) is 17.7. The van der Waals surface area contributed by atoms with Gasteiger partial charge in [0.2, 0.25) is 0 Å². The number of aliphatic hydroxyl groups excluding tert-OH is 1. The number of ether oxygens (including phenoxy) is 2. The minimum absolute atomic E-state index is 0.0785. The fourth-order valence-electron chi connectivity index (χ4n) is 3.74. The van der Waals surface area contributed by atoms with Crippen molar-refractivity contribution in [2.45, 2.75) is 37.9 Å². The Kier molecular flexibility index (Phi) is 8.64. The quantitative estimate of drug-likeness (QED) is 0.317. The van der Waals surface area contributed by atoms with Gasteiger partial charge in [-0.25, -0.2) is 0 Å². The number of hydrogen-bond donors (Lipinski definition) is 1. The molecule has 3 heteroatoms. The van der Waals surface area contributed by atoms with E-state index in [2.05, 4.69) is 43.3 Å². The zero-order chi connectivity index (χ0) is 21.1. The van der Waals surface area contributed by atoms with Crippen molar-refractivity contribution in [3.8, 4) is 0 Å². The molecule has 3 aromatic carbocycles. The number of benzene rings is 3. The SMILES string of the molecule is CCCCO[C@@H](CCO)COC(c1ccccc1)(c1ccccc1)c1ccccc1. The summed E-state index contributed by atoms with van der Waals surface area (Å²) in [5.41, 5.74) is 2.45. The Morgan fingerprint density at radius 3 is 1.63 bits per heavy atom. The highest BCUT2D eigenvalue weighted by Crippen LogP contribution is 2.40. The van der Waals surface area contributed by atoms with E-state index < -0.39 is 5.60 Å². The molecule has 3 rings (SSSR count). The standard InChI is InChI=1S/C27H32O3/c1-2-3-21-29-26(19-20-28)22-30-27(23-13-7-4-8-14-23,24-15-9-5-10-16-24)25-17-11-6-12-18-25/h4-18,26,28H,2-3,19-22H2,1H3/t26-/m0/s1.